The monoisotopic (exact) mass is 160 g/mol. The highest BCUT2D eigenvalue weighted by atomic mass is 19.1. The second kappa shape index (κ2) is 3.67. The second-order valence-corrected chi connectivity index (χ2v) is 2.85. The Morgan fingerprint density at radius 1 is 1.45 bits per heavy atom. The Morgan fingerprint density at radius 2 is 2.09 bits per heavy atom. The molecule has 0 aromatic heterocycles. The third kappa shape index (κ3) is 2.15. The highest BCUT2D eigenvalue weighted by Gasteiger charge is 2.27. The van der Waals surface area contributed by atoms with Crippen LogP contribution in [-0.4, -0.2) is 25.2 Å². The Hall–Kier alpha value is -0.640. The molecule has 0 saturated carbocycles. The Balaban J connectivity index is 2.52. The van der Waals surface area contributed by atoms with E-state index in [0.29, 0.717) is 25.9 Å². The van der Waals surface area contributed by atoms with E-state index in [4.69, 9.17) is 5.73 Å². The maximum atomic E-state index is 13.0. The lowest BCUT2D eigenvalue weighted by atomic mass is 9.98. The van der Waals surface area contributed by atoms with Crippen molar-refractivity contribution in [3.8, 4) is 0 Å². The van der Waals surface area contributed by atoms with E-state index in [2.05, 4.69) is 5.32 Å². The van der Waals surface area contributed by atoms with Crippen molar-refractivity contribution in [2.45, 2.75) is 19.0 Å². The van der Waals surface area contributed by atoms with Gasteiger partial charge in [-0.1, -0.05) is 0 Å². The van der Waals surface area contributed by atoms with E-state index in [9.17, 15) is 9.18 Å². The summed E-state index contributed by atoms with van der Waals surface area (Å²) in [5.74, 6) is -1.09. The molecule has 0 aromatic carbocycles. The summed E-state index contributed by atoms with van der Waals surface area (Å²) in [6.07, 6.45) is -0.133. The number of carbonyl (C=O) groups is 1. The summed E-state index contributed by atoms with van der Waals surface area (Å²) in [7, 11) is 0. The fraction of sp³-hybridized carbons (Fsp3) is 0.857. The molecule has 1 aliphatic heterocycles. The third-order valence-electron chi connectivity index (χ3n) is 2.03. The zero-order valence-electron chi connectivity index (χ0n) is 6.35. The van der Waals surface area contributed by atoms with Crippen LogP contribution in [0.25, 0.3) is 0 Å². The molecule has 11 heavy (non-hydrogen) atoms. The summed E-state index contributed by atoms with van der Waals surface area (Å²) in [6, 6.07) is 0. The van der Waals surface area contributed by atoms with Crippen LogP contribution < -0.4 is 11.1 Å². The Kier molecular flexibility index (Phi) is 2.82. The molecule has 4 heteroatoms. The van der Waals surface area contributed by atoms with Gasteiger partial charge < -0.3 is 11.1 Å². The van der Waals surface area contributed by atoms with Crippen LogP contribution in [0.15, 0.2) is 0 Å². The van der Waals surface area contributed by atoms with Crippen LogP contribution in [0.4, 0.5) is 4.39 Å². The molecule has 1 aliphatic rings. The third-order valence-corrected chi connectivity index (χ3v) is 2.03. The first-order valence-corrected chi connectivity index (χ1v) is 3.86. The topological polar surface area (TPSA) is 55.1 Å². The summed E-state index contributed by atoms with van der Waals surface area (Å²) in [6.45, 7) is 1.33. The minimum absolute atomic E-state index is 0.396. The summed E-state index contributed by atoms with van der Waals surface area (Å²) in [4.78, 5) is 10.7. The van der Waals surface area contributed by atoms with Gasteiger partial charge in [0.25, 0.3) is 0 Å². The average Bonchev–Trinajstić information content (AvgIpc) is 2.13. The molecule has 1 fully saturated rings. The lowest BCUT2D eigenvalue weighted by molar-refractivity contribution is -0.123. The number of primary amides is 1. The molecule has 2 atom stereocenters. The lowest BCUT2D eigenvalue weighted by Crippen LogP contribution is -2.31. The van der Waals surface area contributed by atoms with Gasteiger partial charge in [0.05, 0.1) is 5.92 Å². The van der Waals surface area contributed by atoms with Crippen molar-refractivity contribution in [1.29, 1.82) is 0 Å². The first kappa shape index (κ1) is 8.46. The van der Waals surface area contributed by atoms with E-state index in [1.807, 2.05) is 0 Å². The fourth-order valence-corrected chi connectivity index (χ4v) is 1.33. The quantitative estimate of drug-likeness (QED) is 0.558. The van der Waals surface area contributed by atoms with Gasteiger partial charge in [-0.05, 0) is 25.9 Å². The van der Waals surface area contributed by atoms with Crippen molar-refractivity contribution in [3.05, 3.63) is 0 Å². The molecule has 0 bridgehead atoms. The number of alkyl halides is 1. The molecule has 0 aromatic rings. The Morgan fingerprint density at radius 3 is 2.73 bits per heavy atom. The van der Waals surface area contributed by atoms with Gasteiger partial charge in [0, 0.05) is 0 Å². The van der Waals surface area contributed by atoms with Crippen LogP contribution in [0.1, 0.15) is 12.8 Å². The maximum Gasteiger partial charge on any atom is 0.223 e. The molecule has 1 saturated heterocycles. The predicted molar refractivity (Wildman–Crippen MR) is 39.7 cm³/mol. The average molecular weight is 160 g/mol. The summed E-state index contributed by atoms with van der Waals surface area (Å²) >= 11 is 0. The van der Waals surface area contributed by atoms with Gasteiger partial charge in [0.1, 0.15) is 6.17 Å². The highest BCUT2D eigenvalue weighted by Crippen LogP contribution is 2.16. The van der Waals surface area contributed by atoms with Gasteiger partial charge in [-0.3, -0.25) is 4.79 Å². The van der Waals surface area contributed by atoms with Crippen LogP contribution >= 0.6 is 0 Å². The summed E-state index contributed by atoms with van der Waals surface area (Å²) in [5, 5.41) is 3.01. The minimum atomic E-state index is -1.05. The van der Waals surface area contributed by atoms with Crippen molar-refractivity contribution in [2.24, 2.45) is 11.7 Å². The van der Waals surface area contributed by atoms with Gasteiger partial charge in [0.15, 0.2) is 0 Å². The van der Waals surface area contributed by atoms with Gasteiger partial charge in [-0.2, -0.15) is 0 Å². The molecule has 3 nitrogen and oxygen atoms in total. The van der Waals surface area contributed by atoms with E-state index in [-0.39, 0.29) is 0 Å². The molecule has 0 spiro atoms. The number of rotatable bonds is 1. The van der Waals surface area contributed by atoms with Crippen molar-refractivity contribution in [3.63, 3.8) is 0 Å². The molecule has 1 amide bonds. The van der Waals surface area contributed by atoms with E-state index < -0.39 is 18.0 Å². The Bertz CT molecular complexity index is 151. The predicted octanol–water partition coefficient (Wildman–Crippen LogP) is -0.191. The summed E-state index contributed by atoms with van der Waals surface area (Å²) in [5.41, 5.74) is 5.02. The standard InChI is InChI=1S/C7H13FN2O/c8-6-2-4-10-3-1-5(6)7(9)11/h5-6,10H,1-4H2,(H2,9,11). The van der Waals surface area contributed by atoms with Crippen LogP contribution in [0.3, 0.4) is 0 Å². The molecular weight excluding hydrogens is 147 g/mol. The molecule has 3 N–H and O–H groups in total. The van der Waals surface area contributed by atoms with E-state index >= 15 is 0 Å². The Labute approximate surface area is 65.1 Å². The van der Waals surface area contributed by atoms with Gasteiger partial charge in [0.2, 0.25) is 5.91 Å². The molecule has 1 heterocycles. The number of amides is 1. The normalized spacial score (nSPS) is 32.8. The van der Waals surface area contributed by atoms with Gasteiger partial charge in [-0.25, -0.2) is 4.39 Å². The molecular formula is C7H13FN2O. The van der Waals surface area contributed by atoms with Crippen molar-refractivity contribution in [1.82, 2.24) is 5.32 Å². The second-order valence-electron chi connectivity index (χ2n) is 2.85. The largest absolute Gasteiger partial charge is 0.369 e. The zero-order valence-corrected chi connectivity index (χ0v) is 6.35. The molecule has 0 aliphatic carbocycles. The van der Waals surface area contributed by atoms with Gasteiger partial charge in [-0.15, -0.1) is 0 Å². The lowest BCUT2D eigenvalue weighted by Gasteiger charge is -2.12. The number of carbonyl (C=O) groups excluding carboxylic acids is 1. The zero-order chi connectivity index (χ0) is 8.27. The summed E-state index contributed by atoms with van der Waals surface area (Å²) < 4.78 is 13.0. The SMILES string of the molecule is NC(=O)C1CCNCCC1F. The highest BCUT2D eigenvalue weighted by molar-refractivity contribution is 5.77. The van der Waals surface area contributed by atoms with Crippen molar-refractivity contribution in [2.75, 3.05) is 13.1 Å². The van der Waals surface area contributed by atoms with E-state index in [0.717, 1.165) is 0 Å². The minimum Gasteiger partial charge on any atom is -0.369 e. The molecule has 64 valence electrons. The first-order valence-electron chi connectivity index (χ1n) is 3.86. The molecule has 0 radical (unpaired) electrons. The molecule has 1 rings (SSSR count). The number of nitrogens with one attached hydrogen (secondary N) is 1. The van der Waals surface area contributed by atoms with Crippen LogP contribution in [-0.2, 0) is 4.79 Å². The number of halogens is 1. The number of hydrogen-bond acceptors (Lipinski definition) is 2. The maximum absolute atomic E-state index is 13.0. The van der Waals surface area contributed by atoms with Crippen LogP contribution in [0.5, 0.6) is 0 Å². The molecule has 2 unspecified atom stereocenters. The van der Waals surface area contributed by atoms with Crippen LogP contribution in [0, 0.1) is 5.92 Å². The van der Waals surface area contributed by atoms with Crippen LogP contribution in [0.2, 0.25) is 0 Å². The van der Waals surface area contributed by atoms with E-state index in [1.54, 1.807) is 0 Å². The van der Waals surface area contributed by atoms with Crippen molar-refractivity contribution >= 4 is 5.91 Å². The number of nitrogens with two attached hydrogens (primary N) is 1. The number of hydrogen-bond donors (Lipinski definition) is 2. The fourth-order valence-electron chi connectivity index (χ4n) is 1.33. The smallest absolute Gasteiger partial charge is 0.223 e. The first-order chi connectivity index (χ1) is 5.22. The van der Waals surface area contributed by atoms with Crippen molar-refractivity contribution < 1.29 is 9.18 Å². The van der Waals surface area contributed by atoms with Gasteiger partial charge >= 0.3 is 0 Å². The van der Waals surface area contributed by atoms with E-state index in [1.165, 1.54) is 0 Å².